The predicted molar refractivity (Wildman–Crippen MR) is 294 cm³/mol. The molecule has 12 rings (SSSR count). The fourth-order valence-corrected chi connectivity index (χ4v) is 9.67. The fourth-order valence-electron chi connectivity index (χ4n) is 9.67. The number of nitrogens with zero attached hydrogens (tertiary/aromatic N) is 3. The smallest absolute Gasteiger partial charge is 0.143 e. The van der Waals surface area contributed by atoms with Crippen molar-refractivity contribution < 1.29 is 4.42 Å². The summed E-state index contributed by atoms with van der Waals surface area (Å²) in [6.07, 6.45) is 0. The second kappa shape index (κ2) is 18.7. The van der Waals surface area contributed by atoms with Gasteiger partial charge >= 0.3 is 0 Å². The van der Waals surface area contributed by atoms with Gasteiger partial charge in [0.2, 0.25) is 0 Å². The van der Waals surface area contributed by atoms with Crippen LogP contribution in [0.25, 0.3) is 55.3 Å². The number of fused-ring (bicyclic) bond motifs is 3. The molecule has 4 heteroatoms. The van der Waals surface area contributed by atoms with Crippen LogP contribution in [0.2, 0.25) is 0 Å². The van der Waals surface area contributed by atoms with Crippen molar-refractivity contribution in [3.8, 4) is 33.4 Å². The molecule has 1 heterocycles. The first-order valence-corrected chi connectivity index (χ1v) is 23.7. The summed E-state index contributed by atoms with van der Waals surface area (Å²) < 4.78 is 6.51. The maximum Gasteiger partial charge on any atom is 0.143 e. The van der Waals surface area contributed by atoms with Gasteiger partial charge in [-0.25, -0.2) is 0 Å². The van der Waals surface area contributed by atoms with Crippen molar-refractivity contribution in [1.29, 1.82) is 0 Å². The molecule has 12 aromatic rings. The minimum atomic E-state index is 0.890. The van der Waals surface area contributed by atoms with E-state index >= 15 is 0 Å². The molecule has 1 aromatic heterocycles. The minimum absolute atomic E-state index is 0.890. The molecular weight excluding hydrogens is 851 g/mol. The van der Waals surface area contributed by atoms with Gasteiger partial charge in [0.05, 0.1) is 17.1 Å². The van der Waals surface area contributed by atoms with Gasteiger partial charge in [-0.3, -0.25) is 0 Å². The Bertz CT molecular complexity index is 3530. The highest BCUT2D eigenvalue weighted by Gasteiger charge is 2.23. The van der Waals surface area contributed by atoms with Gasteiger partial charge in [0.15, 0.2) is 0 Å². The van der Waals surface area contributed by atoms with Crippen LogP contribution < -0.4 is 14.7 Å². The predicted octanol–water partition coefficient (Wildman–Crippen LogP) is 19.0. The van der Waals surface area contributed by atoms with Crippen LogP contribution in [0.15, 0.2) is 290 Å². The molecule has 0 amide bonds. The SMILES string of the molecule is c1ccc(-c2ccc(N(c3ccccc3)c3cc(N(c4ccccc4)c4ccc(-c5ccccc5)cc4)cc(N(c4ccccc4)c4ccc(-c5cccc6c5oc5ccccc56)cc4)c3)cc2)cc1. The van der Waals surface area contributed by atoms with Gasteiger partial charge in [0.25, 0.3) is 0 Å². The van der Waals surface area contributed by atoms with E-state index in [0.29, 0.717) is 0 Å². The van der Waals surface area contributed by atoms with E-state index in [0.717, 1.165) is 95.4 Å². The molecule has 4 nitrogen and oxygen atoms in total. The fraction of sp³-hybridized carbons (Fsp3) is 0. The molecule has 0 saturated carbocycles. The maximum atomic E-state index is 6.51. The lowest BCUT2D eigenvalue weighted by Gasteiger charge is -2.33. The Labute approximate surface area is 408 Å². The highest BCUT2D eigenvalue weighted by molar-refractivity contribution is 6.09. The zero-order chi connectivity index (χ0) is 46.6. The van der Waals surface area contributed by atoms with E-state index in [1.54, 1.807) is 0 Å². The number of hydrogen-bond acceptors (Lipinski definition) is 4. The minimum Gasteiger partial charge on any atom is -0.455 e. The maximum absolute atomic E-state index is 6.51. The van der Waals surface area contributed by atoms with Gasteiger partial charge < -0.3 is 19.1 Å². The van der Waals surface area contributed by atoms with E-state index in [4.69, 9.17) is 4.42 Å². The second-order valence-corrected chi connectivity index (χ2v) is 17.4. The van der Waals surface area contributed by atoms with Crippen LogP contribution in [0.3, 0.4) is 0 Å². The van der Waals surface area contributed by atoms with Crippen LogP contribution in [-0.2, 0) is 0 Å². The highest BCUT2D eigenvalue weighted by atomic mass is 16.3. The first-order valence-electron chi connectivity index (χ1n) is 23.7. The van der Waals surface area contributed by atoms with Crippen LogP contribution in [0.5, 0.6) is 0 Å². The quantitative estimate of drug-likeness (QED) is 0.122. The number of rotatable bonds is 12. The number of anilines is 9. The van der Waals surface area contributed by atoms with Gasteiger partial charge in [0.1, 0.15) is 11.2 Å². The first kappa shape index (κ1) is 42.0. The molecule has 0 aliphatic carbocycles. The van der Waals surface area contributed by atoms with Crippen LogP contribution in [0, 0.1) is 0 Å². The van der Waals surface area contributed by atoms with E-state index in [9.17, 15) is 0 Å². The Morgan fingerprint density at radius 2 is 0.529 bits per heavy atom. The van der Waals surface area contributed by atoms with Gasteiger partial charge in [-0.1, -0.05) is 188 Å². The molecule has 70 heavy (non-hydrogen) atoms. The van der Waals surface area contributed by atoms with Crippen LogP contribution in [0.1, 0.15) is 0 Å². The van der Waals surface area contributed by atoms with Gasteiger partial charge in [-0.05, 0) is 125 Å². The number of benzene rings is 11. The van der Waals surface area contributed by atoms with E-state index in [1.807, 2.05) is 12.1 Å². The molecule has 0 unspecified atom stereocenters. The Balaban J connectivity index is 1.06. The average Bonchev–Trinajstić information content (AvgIpc) is 3.82. The zero-order valence-corrected chi connectivity index (χ0v) is 38.4. The Morgan fingerprint density at radius 1 is 0.214 bits per heavy atom. The van der Waals surface area contributed by atoms with E-state index < -0.39 is 0 Å². The molecule has 332 valence electrons. The van der Waals surface area contributed by atoms with Crippen molar-refractivity contribution in [3.63, 3.8) is 0 Å². The van der Waals surface area contributed by atoms with Crippen molar-refractivity contribution in [2.45, 2.75) is 0 Å². The van der Waals surface area contributed by atoms with Crippen LogP contribution >= 0.6 is 0 Å². The second-order valence-electron chi connectivity index (χ2n) is 17.4. The standard InChI is InChI=1S/C66H47N3O/c1-6-19-48(20-7-1)50-33-39-56(40-34-50)67(53-23-10-3-11-24-53)59-45-60(68(54-25-12-4-13-26-54)57-41-35-51(36-42-57)49-21-8-2-9-22-49)47-61(46-59)69(55-27-14-5-15-28-55)58-43-37-52(38-44-58)62-30-18-31-64-63-29-16-17-32-65(63)70-66(62)64/h1-47H. The molecule has 11 aromatic carbocycles. The molecule has 0 aliphatic heterocycles. The first-order chi connectivity index (χ1) is 34.7. The van der Waals surface area contributed by atoms with E-state index in [-0.39, 0.29) is 0 Å². The van der Waals surface area contributed by atoms with E-state index in [2.05, 4.69) is 288 Å². The van der Waals surface area contributed by atoms with Crippen LogP contribution in [0.4, 0.5) is 51.2 Å². The number of para-hydroxylation sites is 5. The van der Waals surface area contributed by atoms with Crippen molar-refractivity contribution >= 4 is 73.1 Å². The summed E-state index contributed by atoms with van der Waals surface area (Å²) in [5.41, 5.74) is 17.9. The lowest BCUT2D eigenvalue weighted by molar-refractivity contribution is 0.670. The molecule has 0 aliphatic rings. The third-order valence-electron chi connectivity index (χ3n) is 13.0. The molecule has 0 N–H and O–H groups in total. The molecule has 0 atom stereocenters. The number of hydrogen-bond donors (Lipinski definition) is 0. The van der Waals surface area contributed by atoms with Gasteiger partial charge in [-0.2, -0.15) is 0 Å². The molecule has 0 spiro atoms. The normalized spacial score (nSPS) is 11.1. The molecule has 0 radical (unpaired) electrons. The Kier molecular flexibility index (Phi) is 11.2. The van der Waals surface area contributed by atoms with Crippen molar-refractivity contribution in [2.75, 3.05) is 14.7 Å². The molecule has 0 bridgehead atoms. The Hall–Kier alpha value is -9.38. The zero-order valence-electron chi connectivity index (χ0n) is 38.4. The largest absolute Gasteiger partial charge is 0.455 e. The average molecular weight is 898 g/mol. The highest BCUT2D eigenvalue weighted by Crippen LogP contribution is 2.47. The summed E-state index contributed by atoms with van der Waals surface area (Å²) in [4.78, 5) is 7.09. The van der Waals surface area contributed by atoms with Crippen molar-refractivity contribution in [2.24, 2.45) is 0 Å². The molecule has 0 saturated heterocycles. The lowest BCUT2D eigenvalue weighted by atomic mass is 10.0. The molecule has 0 fully saturated rings. The monoisotopic (exact) mass is 897 g/mol. The van der Waals surface area contributed by atoms with Gasteiger partial charge in [-0.15, -0.1) is 0 Å². The summed E-state index contributed by atoms with van der Waals surface area (Å²) in [6.45, 7) is 0. The van der Waals surface area contributed by atoms with Gasteiger partial charge in [0, 0.05) is 50.5 Å². The number of furan rings is 1. The van der Waals surface area contributed by atoms with Crippen molar-refractivity contribution in [1.82, 2.24) is 0 Å². The molecular formula is C66H47N3O. The Morgan fingerprint density at radius 3 is 0.943 bits per heavy atom. The summed E-state index contributed by atoms with van der Waals surface area (Å²) in [7, 11) is 0. The van der Waals surface area contributed by atoms with E-state index in [1.165, 1.54) is 11.1 Å². The third-order valence-corrected chi connectivity index (χ3v) is 13.0. The summed E-state index contributed by atoms with van der Waals surface area (Å²) >= 11 is 0. The van der Waals surface area contributed by atoms with Crippen molar-refractivity contribution in [3.05, 3.63) is 285 Å². The third kappa shape index (κ3) is 8.25. The summed E-state index contributed by atoms with van der Waals surface area (Å²) in [5.74, 6) is 0. The summed E-state index contributed by atoms with van der Waals surface area (Å²) in [5, 5.41) is 2.23. The summed E-state index contributed by atoms with van der Waals surface area (Å²) in [6, 6.07) is 101. The lowest BCUT2D eigenvalue weighted by Crippen LogP contribution is -2.16. The van der Waals surface area contributed by atoms with Crippen LogP contribution in [-0.4, -0.2) is 0 Å². The topological polar surface area (TPSA) is 22.9 Å².